The van der Waals surface area contributed by atoms with E-state index in [4.69, 9.17) is 4.74 Å². The average Bonchev–Trinajstić information content (AvgIpc) is 2.77. The van der Waals surface area contributed by atoms with E-state index in [1.807, 2.05) is 61.5 Å². The summed E-state index contributed by atoms with van der Waals surface area (Å²) < 4.78 is 5.36. The normalized spacial score (nSPS) is 16.2. The molecule has 0 aliphatic carbocycles. The van der Waals surface area contributed by atoms with Crippen molar-refractivity contribution in [3.8, 4) is 0 Å². The zero-order chi connectivity index (χ0) is 21.3. The number of aliphatic hydroxyl groups excluding tert-OH is 1. The first-order valence-corrected chi connectivity index (χ1v) is 10.2. The molecule has 0 bridgehead atoms. The van der Waals surface area contributed by atoms with Crippen molar-refractivity contribution >= 4 is 17.5 Å². The summed E-state index contributed by atoms with van der Waals surface area (Å²) in [6, 6.07) is 12.9. The molecule has 30 heavy (non-hydrogen) atoms. The lowest BCUT2D eigenvalue weighted by Gasteiger charge is -2.28. The van der Waals surface area contributed by atoms with Gasteiger partial charge >= 0.3 is 6.03 Å². The number of benzene rings is 1. The van der Waals surface area contributed by atoms with E-state index in [9.17, 15) is 9.90 Å². The Bertz CT molecular complexity index is 779. The van der Waals surface area contributed by atoms with Gasteiger partial charge in [0.05, 0.1) is 31.2 Å². The van der Waals surface area contributed by atoms with Crippen LogP contribution in [0.15, 0.2) is 48.7 Å². The van der Waals surface area contributed by atoms with Crippen LogP contribution < -0.4 is 15.5 Å². The molecule has 3 rings (SSSR count). The molecule has 0 saturated carbocycles. The van der Waals surface area contributed by atoms with Crippen LogP contribution in [0.2, 0.25) is 0 Å². The number of ether oxygens (including phenoxy) is 1. The highest BCUT2D eigenvalue weighted by molar-refractivity contribution is 5.89. The molecule has 2 heterocycles. The number of anilines is 2. The summed E-state index contributed by atoms with van der Waals surface area (Å²) in [6.45, 7) is 4.03. The molecule has 1 fully saturated rings. The molecule has 2 atom stereocenters. The monoisotopic (exact) mass is 413 g/mol. The van der Waals surface area contributed by atoms with Crippen LogP contribution in [-0.4, -0.2) is 74.5 Å². The lowest BCUT2D eigenvalue weighted by atomic mass is 9.95. The van der Waals surface area contributed by atoms with Gasteiger partial charge in [0.1, 0.15) is 5.82 Å². The maximum absolute atomic E-state index is 12.4. The SMILES string of the molecule is CN(C)C[C@@H](CNC(=O)Nc1ccc(N2CCOCC2)nc1)[C@@H](O)c1ccccc1. The van der Waals surface area contributed by atoms with Gasteiger partial charge in [-0.15, -0.1) is 0 Å². The van der Waals surface area contributed by atoms with E-state index in [0.29, 0.717) is 32.0 Å². The maximum Gasteiger partial charge on any atom is 0.319 e. The number of nitrogens with one attached hydrogen (secondary N) is 2. The summed E-state index contributed by atoms with van der Waals surface area (Å²) >= 11 is 0. The zero-order valence-corrected chi connectivity index (χ0v) is 17.6. The number of amides is 2. The van der Waals surface area contributed by atoms with Crippen LogP contribution in [0, 0.1) is 5.92 Å². The number of rotatable bonds is 8. The van der Waals surface area contributed by atoms with Gasteiger partial charge in [0.2, 0.25) is 0 Å². The van der Waals surface area contributed by atoms with Crippen LogP contribution in [0.4, 0.5) is 16.3 Å². The Balaban J connectivity index is 1.53. The van der Waals surface area contributed by atoms with E-state index in [1.165, 1.54) is 0 Å². The molecular formula is C22H31N5O3. The molecule has 0 unspecified atom stereocenters. The number of morpholine rings is 1. The molecule has 8 nitrogen and oxygen atoms in total. The largest absolute Gasteiger partial charge is 0.388 e. The minimum absolute atomic E-state index is 0.144. The van der Waals surface area contributed by atoms with Crippen LogP contribution >= 0.6 is 0 Å². The molecule has 0 spiro atoms. The van der Waals surface area contributed by atoms with Crippen molar-refractivity contribution in [2.75, 3.05) is 63.7 Å². The van der Waals surface area contributed by atoms with Gasteiger partial charge in [-0.3, -0.25) is 0 Å². The summed E-state index contributed by atoms with van der Waals surface area (Å²) in [7, 11) is 3.90. The summed E-state index contributed by atoms with van der Waals surface area (Å²) in [5.41, 5.74) is 1.46. The van der Waals surface area contributed by atoms with E-state index >= 15 is 0 Å². The fourth-order valence-corrected chi connectivity index (χ4v) is 3.51. The number of nitrogens with zero attached hydrogens (tertiary/aromatic N) is 3. The standard InChI is InChI=1S/C22H31N5O3/c1-26(2)16-18(21(28)17-6-4-3-5-7-17)14-24-22(29)25-19-8-9-20(23-15-19)27-10-12-30-13-11-27/h3-9,15,18,21,28H,10-14,16H2,1-2H3,(H2,24,25,29)/t18-,21+/m1/s1. The minimum atomic E-state index is -0.664. The van der Waals surface area contributed by atoms with Gasteiger partial charge in [0, 0.05) is 32.1 Å². The molecule has 162 valence electrons. The fraction of sp³-hybridized carbons (Fsp3) is 0.455. The van der Waals surface area contributed by atoms with Crippen molar-refractivity contribution in [1.82, 2.24) is 15.2 Å². The molecule has 2 aromatic rings. The first kappa shape index (κ1) is 22.0. The molecule has 1 aromatic heterocycles. The number of urea groups is 1. The minimum Gasteiger partial charge on any atom is -0.388 e. The summed E-state index contributed by atoms with van der Waals surface area (Å²) in [5, 5.41) is 16.4. The lowest BCUT2D eigenvalue weighted by molar-refractivity contribution is 0.0911. The summed E-state index contributed by atoms with van der Waals surface area (Å²) in [5.74, 6) is 0.733. The van der Waals surface area contributed by atoms with Gasteiger partial charge < -0.3 is 30.3 Å². The fourth-order valence-electron chi connectivity index (χ4n) is 3.51. The number of aromatic nitrogens is 1. The van der Waals surface area contributed by atoms with Crippen LogP contribution in [0.25, 0.3) is 0 Å². The van der Waals surface area contributed by atoms with E-state index in [0.717, 1.165) is 24.5 Å². The van der Waals surface area contributed by atoms with Crippen LogP contribution in [0.5, 0.6) is 0 Å². The van der Waals surface area contributed by atoms with Crippen molar-refractivity contribution in [1.29, 1.82) is 0 Å². The van der Waals surface area contributed by atoms with Gasteiger partial charge in [0.15, 0.2) is 0 Å². The number of hydrogen-bond donors (Lipinski definition) is 3. The topological polar surface area (TPSA) is 90.0 Å². The highest BCUT2D eigenvalue weighted by Crippen LogP contribution is 2.22. The van der Waals surface area contributed by atoms with E-state index in [1.54, 1.807) is 6.20 Å². The Morgan fingerprint density at radius 1 is 1.20 bits per heavy atom. The highest BCUT2D eigenvalue weighted by Gasteiger charge is 2.22. The molecular weight excluding hydrogens is 382 g/mol. The van der Waals surface area contributed by atoms with Crippen molar-refractivity contribution < 1.29 is 14.6 Å². The Morgan fingerprint density at radius 3 is 2.57 bits per heavy atom. The average molecular weight is 414 g/mol. The second-order valence-electron chi connectivity index (χ2n) is 7.72. The van der Waals surface area contributed by atoms with Gasteiger partial charge in [0.25, 0.3) is 0 Å². The summed E-state index contributed by atoms with van der Waals surface area (Å²) in [4.78, 5) is 21.0. The molecule has 1 aliphatic rings. The van der Waals surface area contributed by atoms with Crippen LogP contribution in [0.3, 0.4) is 0 Å². The Hall–Kier alpha value is -2.68. The van der Waals surface area contributed by atoms with Gasteiger partial charge in [-0.25, -0.2) is 9.78 Å². The van der Waals surface area contributed by atoms with Crippen molar-refractivity contribution in [3.05, 3.63) is 54.2 Å². The lowest BCUT2D eigenvalue weighted by Crippen LogP contribution is -2.39. The zero-order valence-electron chi connectivity index (χ0n) is 17.6. The Morgan fingerprint density at radius 2 is 1.93 bits per heavy atom. The first-order valence-electron chi connectivity index (χ1n) is 10.2. The quantitative estimate of drug-likeness (QED) is 0.613. The number of carbonyl (C=O) groups is 1. The summed E-state index contributed by atoms with van der Waals surface area (Å²) in [6.07, 6.45) is 0.990. The van der Waals surface area contributed by atoms with E-state index in [2.05, 4.69) is 20.5 Å². The van der Waals surface area contributed by atoms with Gasteiger partial charge in [-0.1, -0.05) is 30.3 Å². The van der Waals surface area contributed by atoms with E-state index < -0.39 is 6.10 Å². The molecule has 1 aromatic carbocycles. The van der Waals surface area contributed by atoms with Crippen LogP contribution in [-0.2, 0) is 4.74 Å². The smallest absolute Gasteiger partial charge is 0.319 e. The predicted octanol–water partition coefficient (Wildman–Crippen LogP) is 1.95. The number of pyridine rings is 1. The predicted molar refractivity (Wildman–Crippen MR) is 118 cm³/mol. The third-order valence-electron chi connectivity index (χ3n) is 5.05. The Kier molecular flexibility index (Phi) is 8.01. The van der Waals surface area contributed by atoms with Crippen molar-refractivity contribution in [2.24, 2.45) is 5.92 Å². The van der Waals surface area contributed by atoms with Crippen molar-refractivity contribution in [3.63, 3.8) is 0 Å². The molecule has 3 N–H and O–H groups in total. The molecule has 8 heteroatoms. The number of aliphatic hydroxyl groups is 1. The molecule has 1 saturated heterocycles. The molecule has 2 amide bonds. The maximum atomic E-state index is 12.4. The van der Waals surface area contributed by atoms with Crippen molar-refractivity contribution in [2.45, 2.75) is 6.10 Å². The Labute approximate surface area is 177 Å². The third-order valence-corrected chi connectivity index (χ3v) is 5.05. The highest BCUT2D eigenvalue weighted by atomic mass is 16.5. The number of hydrogen-bond acceptors (Lipinski definition) is 6. The molecule has 1 aliphatic heterocycles. The third kappa shape index (κ3) is 6.41. The first-order chi connectivity index (χ1) is 14.5. The van der Waals surface area contributed by atoms with Gasteiger partial charge in [-0.2, -0.15) is 0 Å². The second-order valence-corrected chi connectivity index (χ2v) is 7.72. The second kappa shape index (κ2) is 10.9. The number of carbonyl (C=O) groups excluding carboxylic acids is 1. The molecule has 0 radical (unpaired) electrons. The van der Waals surface area contributed by atoms with Gasteiger partial charge in [-0.05, 0) is 31.8 Å². The van der Waals surface area contributed by atoms with E-state index in [-0.39, 0.29) is 11.9 Å². The van der Waals surface area contributed by atoms with Crippen LogP contribution in [0.1, 0.15) is 11.7 Å².